The second kappa shape index (κ2) is 12.6. The Morgan fingerprint density at radius 1 is 1.05 bits per heavy atom. The molecular weight excluding hydrogens is 544 g/mol. The van der Waals surface area contributed by atoms with Gasteiger partial charge in [0.15, 0.2) is 23.0 Å². The molecule has 232 valence electrons. The molecule has 3 heterocycles. The van der Waals surface area contributed by atoms with Crippen molar-refractivity contribution < 1.29 is 28.5 Å². The van der Waals surface area contributed by atoms with Crippen molar-refractivity contribution in [3.63, 3.8) is 0 Å². The van der Waals surface area contributed by atoms with Crippen molar-refractivity contribution in [1.82, 2.24) is 10.2 Å². The largest absolute Gasteiger partial charge is 0.493 e. The zero-order valence-corrected chi connectivity index (χ0v) is 26.1. The van der Waals surface area contributed by atoms with E-state index in [0.717, 1.165) is 61.6 Å². The summed E-state index contributed by atoms with van der Waals surface area (Å²) in [5.41, 5.74) is 5.88. The normalized spacial score (nSPS) is 18.8. The van der Waals surface area contributed by atoms with Crippen LogP contribution in [0.4, 0.5) is 4.79 Å². The third-order valence-corrected chi connectivity index (χ3v) is 8.98. The smallest absolute Gasteiger partial charge is 0.407 e. The van der Waals surface area contributed by atoms with Crippen LogP contribution in [-0.2, 0) is 11.2 Å². The van der Waals surface area contributed by atoms with Crippen molar-refractivity contribution >= 4 is 17.9 Å². The van der Waals surface area contributed by atoms with Crippen molar-refractivity contribution in [2.75, 3.05) is 33.6 Å². The SMILES string of the molecule is COc1ccc2c(c1OCCCCCCNC(=O)OC(C)(C)C)[C@H](C1CCCC1)N1CCc3cc4c(cc3C1=C2)OCO4. The number of alkyl carbamates (subject to hydrolysis) is 1. The average Bonchev–Trinajstić information content (AvgIpc) is 3.67. The first-order valence-electron chi connectivity index (χ1n) is 16.0. The summed E-state index contributed by atoms with van der Waals surface area (Å²) in [6.45, 7) is 8.13. The first-order chi connectivity index (χ1) is 20.8. The van der Waals surface area contributed by atoms with Gasteiger partial charge in [-0.15, -0.1) is 0 Å². The maximum Gasteiger partial charge on any atom is 0.407 e. The highest BCUT2D eigenvalue weighted by Crippen LogP contribution is 2.54. The fourth-order valence-corrected chi connectivity index (χ4v) is 7.06. The van der Waals surface area contributed by atoms with E-state index in [9.17, 15) is 4.79 Å². The Labute approximate surface area is 255 Å². The summed E-state index contributed by atoms with van der Waals surface area (Å²) in [5.74, 6) is 3.97. The minimum atomic E-state index is -0.476. The second-order valence-corrected chi connectivity index (χ2v) is 13.1. The van der Waals surface area contributed by atoms with Crippen molar-refractivity contribution in [2.45, 2.75) is 90.2 Å². The number of carbonyl (C=O) groups is 1. The average molecular weight is 591 g/mol. The number of nitrogens with zero attached hydrogens (tertiary/aromatic N) is 1. The molecule has 1 amide bonds. The fourth-order valence-electron chi connectivity index (χ4n) is 7.06. The summed E-state index contributed by atoms with van der Waals surface area (Å²) in [6, 6.07) is 8.85. The summed E-state index contributed by atoms with van der Waals surface area (Å²) >= 11 is 0. The Bertz CT molecular complexity index is 1360. The highest BCUT2D eigenvalue weighted by atomic mass is 16.7. The minimum Gasteiger partial charge on any atom is -0.493 e. The molecule has 1 saturated carbocycles. The molecule has 3 aliphatic heterocycles. The molecule has 0 bridgehead atoms. The van der Waals surface area contributed by atoms with Gasteiger partial charge in [0, 0.05) is 29.9 Å². The van der Waals surface area contributed by atoms with E-state index in [1.165, 1.54) is 53.6 Å². The van der Waals surface area contributed by atoms with Crippen LogP contribution in [0.1, 0.15) is 100 Å². The number of nitrogens with one attached hydrogen (secondary N) is 1. The number of fused-ring (bicyclic) bond motifs is 5. The van der Waals surface area contributed by atoms with Crippen LogP contribution < -0.4 is 24.3 Å². The zero-order valence-electron chi connectivity index (χ0n) is 26.1. The molecule has 4 aliphatic rings. The van der Waals surface area contributed by atoms with E-state index in [1.54, 1.807) is 7.11 Å². The number of rotatable bonds is 10. The van der Waals surface area contributed by atoms with Gasteiger partial charge in [0.1, 0.15) is 5.60 Å². The van der Waals surface area contributed by atoms with Gasteiger partial charge < -0.3 is 33.9 Å². The van der Waals surface area contributed by atoms with E-state index < -0.39 is 5.60 Å². The third-order valence-electron chi connectivity index (χ3n) is 8.98. The topological polar surface area (TPSA) is 78.5 Å². The summed E-state index contributed by atoms with van der Waals surface area (Å²) in [4.78, 5) is 14.5. The highest BCUT2D eigenvalue weighted by molar-refractivity contribution is 5.88. The van der Waals surface area contributed by atoms with E-state index in [-0.39, 0.29) is 18.9 Å². The highest BCUT2D eigenvalue weighted by Gasteiger charge is 2.41. The Kier molecular flexibility index (Phi) is 8.64. The quantitative estimate of drug-likeness (QED) is 0.287. The van der Waals surface area contributed by atoms with Crippen molar-refractivity contribution in [1.29, 1.82) is 0 Å². The van der Waals surface area contributed by atoms with Crippen LogP contribution in [0.5, 0.6) is 23.0 Å². The number of hydrogen-bond donors (Lipinski definition) is 1. The van der Waals surface area contributed by atoms with Gasteiger partial charge in [0.25, 0.3) is 0 Å². The lowest BCUT2D eigenvalue weighted by atomic mass is 9.80. The van der Waals surface area contributed by atoms with Gasteiger partial charge in [-0.25, -0.2) is 4.79 Å². The van der Waals surface area contributed by atoms with Crippen LogP contribution in [-0.4, -0.2) is 50.2 Å². The van der Waals surface area contributed by atoms with Crippen LogP contribution in [0.2, 0.25) is 0 Å². The van der Waals surface area contributed by atoms with Crippen molar-refractivity contribution in [3.8, 4) is 23.0 Å². The number of ether oxygens (including phenoxy) is 5. The molecule has 0 aromatic heterocycles. The Morgan fingerprint density at radius 3 is 2.58 bits per heavy atom. The molecule has 0 unspecified atom stereocenters. The fraction of sp³-hybridized carbons (Fsp3) is 0.571. The molecule has 8 heteroatoms. The van der Waals surface area contributed by atoms with Crippen LogP contribution in [0, 0.1) is 5.92 Å². The molecule has 1 aliphatic carbocycles. The van der Waals surface area contributed by atoms with Crippen molar-refractivity contribution in [2.24, 2.45) is 5.92 Å². The van der Waals surface area contributed by atoms with Crippen LogP contribution in [0.25, 0.3) is 11.8 Å². The molecule has 43 heavy (non-hydrogen) atoms. The summed E-state index contributed by atoms with van der Waals surface area (Å²) in [6.07, 6.45) is 11.9. The van der Waals surface area contributed by atoms with E-state index >= 15 is 0 Å². The van der Waals surface area contributed by atoms with Crippen molar-refractivity contribution in [3.05, 3.63) is 46.5 Å². The number of methoxy groups -OCH3 is 1. The number of benzene rings is 2. The Balaban J connectivity index is 1.18. The monoisotopic (exact) mass is 590 g/mol. The Morgan fingerprint density at radius 2 is 1.81 bits per heavy atom. The van der Waals surface area contributed by atoms with E-state index in [4.69, 9.17) is 23.7 Å². The second-order valence-electron chi connectivity index (χ2n) is 13.1. The lowest BCUT2D eigenvalue weighted by molar-refractivity contribution is 0.0527. The van der Waals surface area contributed by atoms with Crippen LogP contribution >= 0.6 is 0 Å². The minimum absolute atomic E-state index is 0.250. The lowest BCUT2D eigenvalue weighted by Gasteiger charge is -2.46. The maximum atomic E-state index is 11.9. The first kappa shape index (κ1) is 29.5. The predicted octanol–water partition coefficient (Wildman–Crippen LogP) is 7.49. The molecule has 1 atom stereocenters. The van der Waals surface area contributed by atoms with Gasteiger partial charge in [-0.05, 0) is 94.2 Å². The number of amides is 1. The van der Waals surface area contributed by atoms with Gasteiger partial charge in [-0.2, -0.15) is 0 Å². The third kappa shape index (κ3) is 6.38. The molecule has 2 aromatic carbocycles. The zero-order chi connectivity index (χ0) is 30.0. The summed E-state index contributed by atoms with van der Waals surface area (Å²) in [7, 11) is 1.74. The molecule has 1 N–H and O–H groups in total. The lowest BCUT2D eigenvalue weighted by Crippen LogP contribution is -2.38. The molecule has 2 aromatic rings. The summed E-state index contributed by atoms with van der Waals surface area (Å²) in [5, 5.41) is 2.85. The molecule has 6 rings (SSSR count). The number of unbranched alkanes of at least 4 members (excludes halogenated alkanes) is 3. The van der Waals surface area contributed by atoms with Gasteiger partial charge in [0.2, 0.25) is 6.79 Å². The van der Waals surface area contributed by atoms with Gasteiger partial charge in [0.05, 0.1) is 19.8 Å². The molecule has 0 radical (unpaired) electrons. The predicted molar refractivity (Wildman–Crippen MR) is 167 cm³/mol. The Hall–Kier alpha value is -3.55. The first-order valence-corrected chi connectivity index (χ1v) is 16.0. The molecular formula is C35H46N2O6. The molecule has 1 fully saturated rings. The molecule has 8 nitrogen and oxygen atoms in total. The van der Waals surface area contributed by atoms with Gasteiger partial charge in [-0.1, -0.05) is 31.7 Å². The van der Waals surface area contributed by atoms with E-state index in [0.29, 0.717) is 19.1 Å². The summed E-state index contributed by atoms with van der Waals surface area (Å²) < 4.78 is 29.3. The van der Waals surface area contributed by atoms with Gasteiger partial charge >= 0.3 is 6.09 Å². The number of hydrogen-bond acceptors (Lipinski definition) is 7. The standard InChI is InChI=1S/C35H46N2O6/c1-35(2,3)43-34(38)36-16-9-5-6-10-18-40-33-28(39-4)14-13-25-19-27-26-21-30-29(41-22-42-30)20-24(26)15-17-37(27)32(31(25)33)23-11-7-8-12-23/h13-14,19-21,23,32H,5-12,15-18,22H2,1-4H3,(H,36,38)/t32-/m0/s1. The maximum absolute atomic E-state index is 11.9. The van der Waals surface area contributed by atoms with E-state index in [1.807, 2.05) is 20.8 Å². The van der Waals surface area contributed by atoms with Crippen LogP contribution in [0.15, 0.2) is 24.3 Å². The van der Waals surface area contributed by atoms with Crippen LogP contribution in [0.3, 0.4) is 0 Å². The van der Waals surface area contributed by atoms with Gasteiger partial charge in [-0.3, -0.25) is 0 Å². The molecule has 0 saturated heterocycles. The number of carbonyl (C=O) groups excluding carboxylic acids is 1. The molecule has 0 spiro atoms. The van der Waals surface area contributed by atoms with E-state index in [2.05, 4.69) is 40.6 Å².